The fourth-order valence-electron chi connectivity index (χ4n) is 2.94. The number of anilines is 1. The highest BCUT2D eigenvalue weighted by Gasteiger charge is 2.21. The van der Waals surface area contributed by atoms with Crippen LogP contribution < -0.4 is 5.32 Å². The lowest BCUT2D eigenvalue weighted by Crippen LogP contribution is -2.36. The molecule has 1 N–H and O–H groups in total. The summed E-state index contributed by atoms with van der Waals surface area (Å²) >= 11 is 0. The summed E-state index contributed by atoms with van der Waals surface area (Å²) < 4.78 is 26.3. The molecule has 7 heteroatoms. The summed E-state index contributed by atoms with van der Waals surface area (Å²) in [6.07, 6.45) is 3.52. The van der Waals surface area contributed by atoms with Gasteiger partial charge in [-0.1, -0.05) is 20.3 Å². The van der Waals surface area contributed by atoms with E-state index < -0.39 is 10.0 Å². The lowest BCUT2D eigenvalue weighted by Gasteiger charge is -2.25. The number of carbonyl (C=O) groups excluding carboxylic acids is 1. The molecule has 1 aromatic rings. The van der Waals surface area contributed by atoms with E-state index in [2.05, 4.69) is 10.2 Å². The van der Waals surface area contributed by atoms with Gasteiger partial charge in [0.1, 0.15) is 0 Å². The molecule has 0 spiro atoms. The van der Waals surface area contributed by atoms with Crippen LogP contribution in [0.5, 0.6) is 0 Å². The number of hydrogen-bond donors (Lipinski definition) is 1. The molecule has 0 bridgehead atoms. The van der Waals surface area contributed by atoms with E-state index in [4.69, 9.17) is 0 Å². The Kier molecular flexibility index (Phi) is 6.77. The van der Waals surface area contributed by atoms with Crippen LogP contribution in [-0.2, 0) is 14.8 Å². The predicted octanol–water partition coefficient (Wildman–Crippen LogP) is 2.14. The maximum atomic E-state index is 12.4. The van der Waals surface area contributed by atoms with Gasteiger partial charge in [-0.25, -0.2) is 8.42 Å². The zero-order valence-corrected chi connectivity index (χ0v) is 15.3. The summed E-state index contributed by atoms with van der Waals surface area (Å²) in [5.74, 6) is -0.0590. The molecule has 0 saturated carbocycles. The number of sulfonamides is 1. The highest BCUT2D eigenvalue weighted by atomic mass is 32.2. The highest BCUT2D eigenvalue weighted by Crippen LogP contribution is 2.18. The van der Waals surface area contributed by atoms with Crippen LogP contribution in [0.1, 0.15) is 33.1 Å². The number of amides is 1. The Morgan fingerprint density at radius 1 is 1.08 bits per heavy atom. The van der Waals surface area contributed by atoms with Crippen molar-refractivity contribution in [2.24, 2.45) is 0 Å². The maximum Gasteiger partial charge on any atom is 0.243 e. The average molecular weight is 353 g/mol. The van der Waals surface area contributed by atoms with E-state index in [1.807, 2.05) is 13.8 Å². The largest absolute Gasteiger partial charge is 0.325 e. The third-order valence-electron chi connectivity index (χ3n) is 4.30. The predicted molar refractivity (Wildman–Crippen MR) is 95.5 cm³/mol. The first-order valence-electron chi connectivity index (χ1n) is 8.59. The molecule has 1 aliphatic rings. The summed E-state index contributed by atoms with van der Waals surface area (Å²) in [5.41, 5.74) is 0.621. The molecule has 1 amide bonds. The lowest BCUT2D eigenvalue weighted by atomic mass is 10.1. The van der Waals surface area contributed by atoms with Crippen LogP contribution in [0.4, 0.5) is 5.69 Å². The van der Waals surface area contributed by atoms with E-state index in [1.54, 1.807) is 24.3 Å². The Labute approximate surface area is 144 Å². The van der Waals surface area contributed by atoms with Crippen molar-refractivity contribution in [1.29, 1.82) is 0 Å². The SMILES string of the molecule is CCN(CC)S(=O)(=O)c1ccc(NC(=O)CN2CCCCC2)cc1. The van der Waals surface area contributed by atoms with Crippen LogP contribution in [0.15, 0.2) is 29.2 Å². The number of nitrogens with one attached hydrogen (secondary N) is 1. The fourth-order valence-corrected chi connectivity index (χ4v) is 4.40. The van der Waals surface area contributed by atoms with Crippen LogP contribution in [0.2, 0.25) is 0 Å². The van der Waals surface area contributed by atoms with Gasteiger partial charge in [-0.3, -0.25) is 9.69 Å². The third kappa shape index (κ3) is 4.78. The second-order valence-corrected chi connectivity index (χ2v) is 7.94. The van der Waals surface area contributed by atoms with E-state index in [-0.39, 0.29) is 10.8 Å². The number of rotatable bonds is 7. The van der Waals surface area contributed by atoms with E-state index >= 15 is 0 Å². The first-order valence-corrected chi connectivity index (χ1v) is 10.0. The third-order valence-corrected chi connectivity index (χ3v) is 6.36. The summed E-state index contributed by atoms with van der Waals surface area (Å²) in [6.45, 7) is 6.83. The normalized spacial score (nSPS) is 16.3. The van der Waals surface area contributed by atoms with Crippen molar-refractivity contribution in [3.63, 3.8) is 0 Å². The van der Waals surface area contributed by atoms with Crippen LogP contribution in [-0.4, -0.2) is 56.3 Å². The number of benzene rings is 1. The summed E-state index contributed by atoms with van der Waals surface area (Å²) in [7, 11) is -3.46. The van der Waals surface area contributed by atoms with Crippen molar-refractivity contribution in [2.45, 2.75) is 38.0 Å². The summed E-state index contributed by atoms with van der Waals surface area (Å²) in [6, 6.07) is 6.38. The van der Waals surface area contributed by atoms with Crippen LogP contribution in [0.3, 0.4) is 0 Å². The van der Waals surface area contributed by atoms with Crippen molar-refractivity contribution >= 4 is 21.6 Å². The van der Waals surface area contributed by atoms with Gasteiger partial charge in [0.2, 0.25) is 15.9 Å². The standard InChI is InChI=1S/C17H27N3O3S/c1-3-20(4-2)24(22,23)16-10-8-15(9-11-16)18-17(21)14-19-12-6-5-7-13-19/h8-11H,3-7,12-14H2,1-2H3,(H,18,21). The van der Waals surface area contributed by atoms with Gasteiger partial charge < -0.3 is 5.32 Å². The number of nitrogens with zero attached hydrogens (tertiary/aromatic N) is 2. The molecule has 1 heterocycles. The quantitative estimate of drug-likeness (QED) is 0.815. The Morgan fingerprint density at radius 2 is 1.67 bits per heavy atom. The molecule has 6 nitrogen and oxygen atoms in total. The van der Waals surface area contributed by atoms with Crippen LogP contribution >= 0.6 is 0 Å². The van der Waals surface area contributed by atoms with E-state index in [9.17, 15) is 13.2 Å². The molecule has 2 rings (SSSR count). The molecule has 0 unspecified atom stereocenters. The summed E-state index contributed by atoms with van der Waals surface area (Å²) in [5, 5.41) is 2.84. The molecule has 1 saturated heterocycles. The van der Waals surface area contributed by atoms with E-state index in [1.165, 1.54) is 10.7 Å². The topological polar surface area (TPSA) is 69.7 Å². The average Bonchev–Trinajstić information content (AvgIpc) is 2.57. The molecule has 1 aliphatic heterocycles. The van der Waals surface area contributed by atoms with Crippen molar-refractivity contribution in [3.05, 3.63) is 24.3 Å². The van der Waals surface area contributed by atoms with Gasteiger partial charge in [-0.2, -0.15) is 4.31 Å². The first-order chi connectivity index (χ1) is 11.5. The molecule has 0 atom stereocenters. The Morgan fingerprint density at radius 3 is 2.21 bits per heavy atom. The second-order valence-electron chi connectivity index (χ2n) is 6.00. The molecule has 134 valence electrons. The van der Waals surface area contributed by atoms with Gasteiger partial charge in [0, 0.05) is 18.8 Å². The molecular weight excluding hydrogens is 326 g/mol. The van der Waals surface area contributed by atoms with Gasteiger partial charge in [0.25, 0.3) is 0 Å². The number of hydrogen-bond acceptors (Lipinski definition) is 4. The Hall–Kier alpha value is -1.44. The van der Waals surface area contributed by atoms with Gasteiger partial charge in [0.15, 0.2) is 0 Å². The van der Waals surface area contributed by atoms with Crippen LogP contribution in [0, 0.1) is 0 Å². The molecule has 0 radical (unpaired) electrons. The highest BCUT2D eigenvalue weighted by molar-refractivity contribution is 7.89. The minimum absolute atomic E-state index is 0.0590. The molecule has 1 fully saturated rings. The maximum absolute atomic E-state index is 12.4. The summed E-state index contributed by atoms with van der Waals surface area (Å²) in [4.78, 5) is 14.5. The molecule has 0 aliphatic carbocycles. The van der Waals surface area contributed by atoms with Gasteiger partial charge in [0.05, 0.1) is 11.4 Å². The minimum Gasteiger partial charge on any atom is -0.325 e. The van der Waals surface area contributed by atoms with Crippen molar-refractivity contribution in [2.75, 3.05) is 38.0 Å². The van der Waals surface area contributed by atoms with Crippen molar-refractivity contribution < 1.29 is 13.2 Å². The van der Waals surface area contributed by atoms with Crippen molar-refractivity contribution in [1.82, 2.24) is 9.21 Å². The molecule has 0 aromatic heterocycles. The van der Waals surface area contributed by atoms with Gasteiger partial charge in [-0.05, 0) is 50.2 Å². The first kappa shape index (κ1) is 18.9. The zero-order chi connectivity index (χ0) is 17.6. The van der Waals surface area contributed by atoms with Crippen LogP contribution in [0.25, 0.3) is 0 Å². The number of carbonyl (C=O) groups is 1. The lowest BCUT2D eigenvalue weighted by molar-refractivity contribution is -0.117. The van der Waals surface area contributed by atoms with Crippen molar-refractivity contribution in [3.8, 4) is 0 Å². The smallest absolute Gasteiger partial charge is 0.243 e. The fraction of sp³-hybridized carbons (Fsp3) is 0.588. The molecule has 1 aromatic carbocycles. The molecule has 24 heavy (non-hydrogen) atoms. The second kappa shape index (κ2) is 8.60. The van der Waals surface area contributed by atoms with E-state index in [0.717, 1.165) is 25.9 Å². The Bertz CT molecular complexity index is 634. The number of piperidine rings is 1. The molecular formula is C17H27N3O3S. The minimum atomic E-state index is -3.46. The monoisotopic (exact) mass is 353 g/mol. The van der Waals surface area contributed by atoms with E-state index in [0.29, 0.717) is 25.3 Å². The Balaban J connectivity index is 1.97. The van der Waals surface area contributed by atoms with Gasteiger partial charge in [-0.15, -0.1) is 0 Å². The van der Waals surface area contributed by atoms with Gasteiger partial charge >= 0.3 is 0 Å². The number of likely N-dealkylation sites (tertiary alicyclic amines) is 1. The zero-order valence-electron chi connectivity index (χ0n) is 14.5.